The number of aliphatic hydroxyl groups excluding tert-OH is 1. The number of Topliss-reactive ketones (excluding diaryl/α,β-unsaturated/α-hetero) is 2. The van der Waals surface area contributed by atoms with E-state index in [1.54, 1.807) is 0 Å². The maximum Gasteiger partial charge on any atom is 0.219 e. The largest absolute Gasteiger partial charge is 0.390 e. The predicted octanol–water partition coefficient (Wildman–Crippen LogP) is 3.50. The summed E-state index contributed by atoms with van der Waals surface area (Å²) in [6.07, 6.45) is -2.85. The third-order valence-electron chi connectivity index (χ3n) is 4.39. The lowest BCUT2D eigenvalue weighted by molar-refractivity contribution is -0.0787. The standard InChI is InChI=1S/C19H15Cl3O5/c20-12-5-1-10(2-6-12)16(24)19(26,18-14(23)9-15(22)27-18)17(25)11-3-7-13(21)8-4-11/h1-8,14-15,18,23,26H,9H2/t14-,15-,18-/m0/s1. The van der Waals surface area contributed by atoms with E-state index in [-0.39, 0.29) is 17.5 Å². The Labute approximate surface area is 170 Å². The van der Waals surface area contributed by atoms with Gasteiger partial charge < -0.3 is 14.9 Å². The zero-order valence-corrected chi connectivity index (χ0v) is 16.1. The van der Waals surface area contributed by atoms with Crippen molar-refractivity contribution in [3.8, 4) is 0 Å². The van der Waals surface area contributed by atoms with E-state index >= 15 is 0 Å². The number of hydrogen-bond donors (Lipinski definition) is 2. The molecule has 0 radical (unpaired) electrons. The van der Waals surface area contributed by atoms with Crippen LogP contribution in [0.1, 0.15) is 27.1 Å². The fraction of sp³-hybridized carbons (Fsp3) is 0.263. The summed E-state index contributed by atoms with van der Waals surface area (Å²) in [5.41, 5.74) is -3.53. The molecule has 27 heavy (non-hydrogen) atoms. The first kappa shape index (κ1) is 20.3. The first-order valence-corrected chi connectivity index (χ1v) is 9.23. The Bertz CT molecular complexity index is 793. The molecular formula is C19H15Cl3O5. The van der Waals surface area contributed by atoms with Crippen molar-refractivity contribution >= 4 is 46.4 Å². The molecule has 142 valence electrons. The van der Waals surface area contributed by atoms with Crippen molar-refractivity contribution in [2.24, 2.45) is 0 Å². The summed E-state index contributed by atoms with van der Waals surface area (Å²) in [6, 6.07) is 11.3. The van der Waals surface area contributed by atoms with Gasteiger partial charge in [0.1, 0.15) is 11.7 Å². The minimum absolute atomic E-state index is 0.0314. The highest BCUT2D eigenvalue weighted by atomic mass is 35.5. The van der Waals surface area contributed by atoms with Crippen LogP contribution in [0, 0.1) is 0 Å². The number of ether oxygens (including phenoxy) is 1. The summed E-state index contributed by atoms with van der Waals surface area (Å²) >= 11 is 17.6. The first-order valence-electron chi connectivity index (χ1n) is 8.04. The molecule has 0 saturated carbocycles. The predicted molar refractivity (Wildman–Crippen MR) is 102 cm³/mol. The summed E-state index contributed by atoms with van der Waals surface area (Å²) in [5.74, 6) is -1.84. The second kappa shape index (κ2) is 7.87. The summed E-state index contributed by atoms with van der Waals surface area (Å²) in [6.45, 7) is 0. The third-order valence-corrected chi connectivity index (χ3v) is 5.17. The fourth-order valence-corrected chi connectivity index (χ4v) is 3.55. The molecule has 2 aromatic rings. The Balaban J connectivity index is 2.08. The molecule has 2 aromatic carbocycles. The van der Waals surface area contributed by atoms with Crippen LogP contribution in [0.3, 0.4) is 0 Å². The van der Waals surface area contributed by atoms with E-state index in [2.05, 4.69) is 0 Å². The molecule has 1 aliphatic heterocycles. The number of halogens is 3. The molecule has 1 fully saturated rings. The van der Waals surface area contributed by atoms with Gasteiger partial charge in [-0.1, -0.05) is 34.8 Å². The lowest BCUT2D eigenvalue weighted by atomic mass is 9.79. The van der Waals surface area contributed by atoms with Gasteiger partial charge in [-0.15, -0.1) is 0 Å². The lowest BCUT2D eigenvalue weighted by Crippen LogP contribution is -2.59. The van der Waals surface area contributed by atoms with Crippen molar-refractivity contribution in [2.75, 3.05) is 0 Å². The fourth-order valence-electron chi connectivity index (χ4n) is 3.00. The molecule has 0 spiro atoms. The zero-order chi connectivity index (χ0) is 19.8. The maximum atomic E-state index is 13.1. The topological polar surface area (TPSA) is 83.8 Å². The molecule has 8 heteroatoms. The number of hydrogen-bond acceptors (Lipinski definition) is 5. The number of rotatable bonds is 5. The maximum absolute atomic E-state index is 13.1. The number of alkyl halides is 1. The normalized spacial score (nSPS) is 22.6. The molecule has 5 nitrogen and oxygen atoms in total. The van der Waals surface area contributed by atoms with Gasteiger partial charge in [0.2, 0.25) is 17.2 Å². The van der Waals surface area contributed by atoms with Crippen molar-refractivity contribution in [1.82, 2.24) is 0 Å². The summed E-state index contributed by atoms with van der Waals surface area (Å²) in [4.78, 5) is 26.2. The Kier molecular flexibility index (Phi) is 5.91. The third kappa shape index (κ3) is 3.90. The van der Waals surface area contributed by atoms with E-state index < -0.39 is 34.9 Å². The molecule has 3 atom stereocenters. The average Bonchev–Trinajstić information content (AvgIpc) is 3.00. The van der Waals surface area contributed by atoms with E-state index in [9.17, 15) is 19.8 Å². The van der Waals surface area contributed by atoms with Crippen LogP contribution in [0.5, 0.6) is 0 Å². The molecule has 0 aliphatic carbocycles. The Morgan fingerprint density at radius 1 is 0.926 bits per heavy atom. The van der Waals surface area contributed by atoms with E-state index in [0.29, 0.717) is 10.0 Å². The summed E-state index contributed by atoms with van der Waals surface area (Å²) < 4.78 is 5.34. The van der Waals surface area contributed by atoms with Gasteiger partial charge in [-0.25, -0.2) is 0 Å². The number of ketones is 2. The summed E-state index contributed by atoms with van der Waals surface area (Å²) in [5, 5.41) is 22.3. The van der Waals surface area contributed by atoms with Crippen molar-refractivity contribution in [3.63, 3.8) is 0 Å². The number of carbonyl (C=O) groups is 2. The van der Waals surface area contributed by atoms with Crippen LogP contribution in [0.2, 0.25) is 10.0 Å². The van der Waals surface area contributed by atoms with Crippen LogP contribution in [0.15, 0.2) is 48.5 Å². The van der Waals surface area contributed by atoms with Gasteiger partial charge in [-0.2, -0.15) is 0 Å². The van der Waals surface area contributed by atoms with Crippen molar-refractivity contribution in [2.45, 2.75) is 29.8 Å². The lowest BCUT2D eigenvalue weighted by Gasteiger charge is -2.32. The molecule has 0 aromatic heterocycles. The Morgan fingerprint density at radius 2 is 1.33 bits per heavy atom. The molecule has 1 aliphatic rings. The van der Waals surface area contributed by atoms with E-state index in [4.69, 9.17) is 39.5 Å². The van der Waals surface area contributed by atoms with E-state index in [1.165, 1.54) is 48.5 Å². The van der Waals surface area contributed by atoms with Gasteiger partial charge >= 0.3 is 0 Å². The molecular weight excluding hydrogens is 415 g/mol. The number of carbonyl (C=O) groups excluding carboxylic acids is 2. The SMILES string of the molecule is O=C(c1ccc(Cl)cc1)C(O)(C(=O)c1ccc(Cl)cc1)[C@H]1O[C@H](Cl)C[C@@H]1O. The van der Waals surface area contributed by atoms with Gasteiger partial charge in [-0.3, -0.25) is 9.59 Å². The Morgan fingerprint density at radius 3 is 1.67 bits per heavy atom. The monoisotopic (exact) mass is 428 g/mol. The number of benzene rings is 2. The van der Waals surface area contributed by atoms with Crippen molar-refractivity contribution < 1.29 is 24.5 Å². The van der Waals surface area contributed by atoms with Crippen LogP contribution in [-0.2, 0) is 4.74 Å². The second-order valence-corrected chi connectivity index (χ2v) is 7.57. The van der Waals surface area contributed by atoms with Gasteiger partial charge in [0.05, 0.1) is 6.10 Å². The van der Waals surface area contributed by atoms with Crippen LogP contribution >= 0.6 is 34.8 Å². The van der Waals surface area contributed by atoms with Crippen LogP contribution < -0.4 is 0 Å². The molecule has 2 N–H and O–H groups in total. The second-order valence-electron chi connectivity index (χ2n) is 6.21. The number of aliphatic hydroxyl groups is 2. The first-order chi connectivity index (χ1) is 12.7. The highest BCUT2D eigenvalue weighted by Gasteiger charge is 2.57. The van der Waals surface area contributed by atoms with E-state index in [0.717, 1.165) is 0 Å². The quantitative estimate of drug-likeness (QED) is 0.432. The molecule has 1 heterocycles. The highest BCUT2D eigenvalue weighted by molar-refractivity contribution is 6.31. The minimum atomic E-state index is -2.68. The molecule has 0 unspecified atom stereocenters. The van der Waals surface area contributed by atoms with Crippen molar-refractivity contribution in [1.29, 1.82) is 0 Å². The van der Waals surface area contributed by atoms with Crippen LogP contribution in [0.4, 0.5) is 0 Å². The smallest absolute Gasteiger partial charge is 0.219 e. The molecule has 3 rings (SSSR count). The minimum Gasteiger partial charge on any atom is -0.390 e. The molecule has 1 saturated heterocycles. The van der Waals surface area contributed by atoms with Gasteiger partial charge in [-0.05, 0) is 48.5 Å². The van der Waals surface area contributed by atoms with Crippen LogP contribution in [-0.4, -0.2) is 45.2 Å². The van der Waals surface area contributed by atoms with E-state index in [1.807, 2.05) is 0 Å². The van der Waals surface area contributed by atoms with Gasteiger partial charge in [0, 0.05) is 27.6 Å². The zero-order valence-electron chi connectivity index (χ0n) is 13.8. The van der Waals surface area contributed by atoms with Crippen molar-refractivity contribution in [3.05, 3.63) is 69.7 Å². The van der Waals surface area contributed by atoms with Gasteiger partial charge in [0.15, 0.2) is 0 Å². The molecule has 0 bridgehead atoms. The van der Waals surface area contributed by atoms with Gasteiger partial charge in [0.25, 0.3) is 0 Å². The van der Waals surface area contributed by atoms with Crippen LogP contribution in [0.25, 0.3) is 0 Å². The summed E-state index contributed by atoms with van der Waals surface area (Å²) in [7, 11) is 0. The molecule has 0 amide bonds. The average molecular weight is 430 g/mol. The highest BCUT2D eigenvalue weighted by Crippen LogP contribution is 2.35. The Hall–Kier alpha value is -1.47.